The second kappa shape index (κ2) is 6.25. The monoisotopic (exact) mass is 285 g/mol. The van der Waals surface area contributed by atoms with Crippen molar-refractivity contribution in [3.05, 3.63) is 59.4 Å². The van der Waals surface area contributed by atoms with Gasteiger partial charge in [-0.1, -0.05) is 24.4 Å². The third-order valence-electron chi connectivity index (χ3n) is 2.84. The number of benzene rings is 1. The molecule has 2 rings (SSSR count). The van der Waals surface area contributed by atoms with Crippen LogP contribution in [0.2, 0.25) is 0 Å². The van der Waals surface area contributed by atoms with Crippen molar-refractivity contribution in [2.75, 3.05) is 5.32 Å². The summed E-state index contributed by atoms with van der Waals surface area (Å²) in [5.74, 6) is -0.169. The van der Waals surface area contributed by atoms with Gasteiger partial charge in [0.2, 0.25) is 0 Å². The Labute approximate surface area is 123 Å². The molecule has 0 radical (unpaired) electrons. The van der Waals surface area contributed by atoms with E-state index in [0.717, 1.165) is 11.3 Å². The molecule has 1 amide bonds. The fourth-order valence-corrected chi connectivity index (χ4v) is 2.00. The molecular weight excluding hydrogens is 270 g/mol. The van der Waals surface area contributed by atoms with Crippen LogP contribution in [0.4, 0.5) is 5.69 Å². The van der Waals surface area contributed by atoms with Crippen LogP contribution in [0.25, 0.3) is 0 Å². The predicted octanol–water partition coefficient (Wildman–Crippen LogP) is 2.47. The second-order valence-electron chi connectivity index (χ2n) is 4.43. The van der Waals surface area contributed by atoms with Crippen LogP contribution in [0.1, 0.15) is 21.6 Å². The predicted molar refractivity (Wildman–Crippen MR) is 83.9 cm³/mol. The molecule has 0 aliphatic heterocycles. The Hall–Kier alpha value is -2.27. The number of carbonyl (C=O) groups is 1. The van der Waals surface area contributed by atoms with Gasteiger partial charge in [-0.05, 0) is 36.8 Å². The third-order valence-corrected chi connectivity index (χ3v) is 2.99. The lowest BCUT2D eigenvalue weighted by Gasteiger charge is -2.07. The van der Waals surface area contributed by atoms with Gasteiger partial charge in [-0.3, -0.25) is 9.78 Å². The smallest absolute Gasteiger partial charge is 0.257 e. The van der Waals surface area contributed by atoms with E-state index in [1.807, 2.05) is 24.3 Å². The first-order valence-electron chi connectivity index (χ1n) is 6.16. The number of anilines is 1. The molecule has 0 unspecified atom stereocenters. The average Bonchev–Trinajstić information content (AvgIpc) is 2.41. The first-order valence-corrected chi connectivity index (χ1v) is 6.57. The number of carbonyl (C=O) groups excluding carboxylic acids is 1. The van der Waals surface area contributed by atoms with Crippen LogP contribution >= 0.6 is 12.2 Å². The lowest BCUT2D eigenvalue weighted by atomic mass is 10.1. The number of nitrogens with two attached hydrogens (primary N) is 1. The van der Waals surface area contributed by atoms with E-state index < -0.39 is 0 Å². The summed E-state index contributed by atoms with van der Waals surface area (Å²) in [6.45, 7) is 1.81. The average molecular weight is 285 g/mol. The van der Waals surface area contributed by atoms with Crippen molar-refractivity contribution in [3.8, 4) is 0 Å². The summed E-state index contributed by atoms with van der Waals surface area (Å²) in [5, 5.41) is 2.84. The summed E-state index contributed by atoms with van der Waals surface area (Å²) < 4.78 is 0. The van der Waals surface area contributed by atoms with E-state index >= 15 is 0 Å². The van der Waals surface area contributed by atoms with Crippen LogP contribution in [0.3, 0.4) is 0 Å². The number of aryl methyl sites for hydroxylation is 1. The van der Waals surface area contributed by atoms with Crippen LogP contribution in [-0.4, -0.2) is 15.9 Å². The van der Waals surface area contributed by atoms with Gasteiger partial charge in [-0.25, -0.2) is 0 Å². The highest BCUT2D eigenvalue weighted by atomic mass is 32.1. The summed E-state index contributed by atoms with van der Waals surface area (Å²) in [5.41, 5.74) is 8.51. The van der Waals surface area contributed by atoms with Crippen LogP contribution in [-0.2, 0) is 6.42 Å². The van der Waals surface area contributed by atoms with E-state index in [1.165, 1.54) is 0 Å². The van der Waals surface area contributed by atoms with Gasteiger partial charge in [0.1, 0.15) is 0 Å². The fourth-order valence-electron chi connectivity index (χ4n) is 1.83. The van der Waals surface area contributed by atoms with E-state index in [9.17, 15) is 4.79 Å². The van der Waals surface area contributed by atoms with E-state index in [0.29, 0.717) is 22.7 Å². The first kappa shape index (κ1) is 14.1. The van der Waals surface area contributed by atoms with E-state index in [4.69, 9.17) is 18.0 Å². The Morgan fingerprint density at radius 3 is 2.60 bits per heavy atom. The Kier molecular flexibility index (Phi) is 4.42. The minimum atomic E-state index is -0.169. The molecule has 0 atom stereocenters. The van der Waals surface area contributed by atoms with Gasteiger partial charge in [0.15, 0.2) is 0 Å². The van der Waals surface area contributed by atoms with Crippen LogP contribution in [0.15, 0.2) is 42.6 Å². The second-order valence-corrected chi connectivity index (χ2v) is 4.95. The van der Waals surface area contributed by atoms with Crippen molar-refractivity contribution in [1.82, 2.24) is 4.98 Å². The first-order chi connectivity index (χ1) is 9.56. The van der Waals surface area contributed by atoms with Crippen molar-refractivity contribution in [2.45, 2.75) is 13.3 Å². The molecule has 1 aromatic carbocycles. The summed E-state index contributed by atoms with van der Waals surface area (Å²) in [6, 6.07) is 10.9. The molecule has 4 nitrogen and oxygen atoms in total. The molecule has 2 aromatic rings. The maximum Gasteiger partial charge on any atom is 0.257 e. The molecule has 0 aliphatic carbocycles. The minimum Gasteiger partial charge on any atom is -0.393 e. The zero-order chi connectivity index (χ0) is 14.5. The minimum absolute atomic E-state index is 0.169. The molecular formula is C15H15N3OS. The van der Waals surface area contributed by atoms with Crippen molar-refractivity contribution < 1.29 is 4.79 Å². The van der Waals surface area contributed by atoms with Gasteiger partial charge in [0.25, 0.3) is 5.91 Å². The molecule has 0 aliphatic rings. The van der Waals surface area contributed by atoms with Gasteiger partial charge in [0.05, 0.1) is 10.6 Å². The van der Waals surface area contributed by atoms with Crippen LogP contribution in [0, 0.1) is 6.92 Å². The van der Waals surface area contributed by atoms with Crippen LogP contribution in [0.5, 0.6) is 0 Å². The highest BCUT2D eigenvalue weighted by molar-refractivity contribution is 7.80. The van der Waals surface area contributed by atoms with Gasteiger partial charge in [0, 0.05) is 24.0 Å². The summed E-state index contributed by atoms with van der Waals surface area (Å²) in [4.78, 5) is 16.7. The van der Waals surface area contributed by atoms with Gasteiger partial charge in [-0.15, -0.1) is 0 Å². The zero-order valence-corrected chi connectivity index (χ0v) is 11.9. The highest BCUT2D eigenvalue weighted by Crippen LogP contribution is 2.13. The Bertz CT molecular complexity index is 638. The van der Waals surface area contributed by atoms with Crippen molar-refractivity contribution >= 4 is 28.8 Å². The van der Waals surface area contributed by atoms with Gasteiger partial charge >= 0.3 is 0 Å². The van der Waals surface area contributed by atoms with Crippen molar-refractivity contribution in [3.63, 3.8) is 0 Å². The Morgan fingerprint density at radius 1 is 1.30 bits per heavy atom. The van der Waals surface area contributed by atoms with E-state index in [1.54, 1.807) is 25.3 Å². The third kappa shape index (κ3) is 3.61. The quantitative estimate of drug-likeness (QED) is 0.847. The van der Waals surface area contributed by atoms with E-state index in [-0.39, 0.29) is 5.91 Å². The molecule has 0 bridgehead atoms. The molecule has 0 saturated carbocycles. The molecule has 5 heteroatoms. The molecule has 20 heavy (non-hydrogen) atoms. The summed E-state index contributed by atoms with van der Waals surface area (Å²) in [6.07, 6.45) is 2.22. The maximum absolute atomic E-state index is 12.1. The highest BCUT2D eigenvalue weighted by Gasteiger charge is 2.09. The van der Waals surface area contributed by atoms with Crippen LogP contribution < -0.4 is 11.1 Å². The number of rotatable bonds is 4. The molecule has 0 spiro atoms. The van der Waals surface area contributed by atoms with Gasteiger partial charge < -0.3 is 11.1 Å². The number of amides is 1. The van der Waals surface area contributed by atoms with Gasteiger partial charge in [-0.2, -0.15) is 0 Å². The number of nitrogens with one attached hydrogen (secondary N) is 1. The molecule has 3 N–H and O–H groups in total. The molecule has 102 valence electrons. The Balaban J connectivity index is 2.09. The lowest BCUT2D eigenvalue weighted by Crippen LogP contribution is -2.14. The maximum atomic E-state index is 12.1. The largest absolute Gasteiger partial charge is 0.393 e. The number of pyridine rings is 1. The zero-order valence-electron chi connectivity index (χ0n) is 11.1. The summed E-state index contributed by atoms with van der Waals surface area (Å²) >= 11 is 4.86. The number of nitrogens with zero attached hydrogens (tertiary/aromatic N) is 1. The van der Waals surface area contributed by atoms with Crippen molar-refractivity contribution in [1.29, 1.82) is 0 Å². The molecule has 0 saturated heterocycles. The standard InChI is InChI=1S/C15H15N3OS/c1-10-13(3-2-8-17-10)15(19)18-12-6-4-11(5-7-12)9-14(16)20/h2-8H,9H2,1H3,(H2,16,20)(H,18,19). The SMILES string of the molecule is Cc1ncccc1C(=O)Nc1ccc(CC(N)=S)cc1. The Morgan fingerprint density at radius 2 is 2.00 bits per heavy atom. The number of aromatic nitrogens is 1. The number of hydrogen-bond acceptors (Lipinski definition) is 3. The number of hydrogen-bond donors (Lipinski definition) is 2. The topological polar surface area (TPSA) is 68.0 Å². The molecule has 1 aromatic heterocycles. The lowest BCUT2D eigenvalue weighted by molar-refractivity contribution is 0.102. The van der Waals surface area contributed by atoms with E-state index in [2.05, 4.69) is 10.3 Å². The summed E-state index contributed by atoms with van der Waals surface area (Å²) in [7, 11) is 0. The molecule has 1 heterocycles. The fraction of sp³-hybridized carbons (Fsp3) is 0.133. The normalized spacial score (nSPS) is 10.1. The number of thiocarbonyl (C=S) groups is 1. The van der Waals surface area contributed by atoms with Crippen molar-refractivity contribution in [2.24, 2.45) is 5.73 Å². The molecule has 0 fully saturated rings.